The second kappa shape index (κ2) is 8.90. The fourth-order valence-electron chi connectivity index (χ4n) is 1.89. The summed E-state index contributed by atoms with van der Waals surface area (Å²) < 4.78 is 11.0. The smallest absolute Gasteiger partial charge is 0.157 e. The highest BCUT2D eigenvalue weighted by Gasteiger charge is 2.08. The van der Waals surface area contributed by atoms with Crippen molar-refractivity contribution in [3.63, 3.8) is 0 Å². The van der Waals surface area contributed by atoms with Gasteiger partial charge in [0.15, 0.2) is 6.29 Å². The quantitative estimate of drug-likeness (QED) is 0.608. The Hall–Kier alpha value is -1.12. The Labute approximate surface area is 111 Å². The van der Waals surface area contributed by atoms with Gasteiger partial charge in [-0.15, -0.1) is 0 Å². The van der Waals surface area contributed by atoms with Crippen molar-refractivity contribution in [2.24, 2.45) is 0 Å². The zero-order valence-electron chi connectivity index (χ0n) is 11.5. The van der Waals surface area contributed by atoms with Gasteiger partial charge >= 0.3 is 0 Å². The molecule has 0 unspecified atom stereocenters. The monoisotopic (exact) mass is 248 g/mol. The van der Waals surface area contributed by atoms with Gasteiger partial charge in [0.05, 0.1) is 0 Å². The topological polar surface area (TPSA) is 18.5 Å². The number of hydrogen-bond donors (Lipinski definition) is 0. The van der Waals surface area contributed by atoms with Crippen LogP contribution < -0.4 is 0 Å². The lowest BCUT2D eigenvalue weighted by molar-refractivity contribution is -0.139. The van der Waals surface area contributed by atoms with Gasteiger partial charge in [0, 0.05) is 13.2 Å². The van der Waals surface area contributed by atoms with Crippen molar-refractivity contribution in [1.29, 1.82) is 0 Å². The largest absolute Gasteiger partial charge is 0.353 e. The summed E-state index contributed by atoms with van der Waals surface area (Å²) in [5.41, 5.74) is 2.41. The van der Waals surface area contributed by atoms with Crippen LogP contribution in [0.2, 0.25) is 0 Å². The third-order valence-corrected chi connectivity index (χ3v) is 2.81. The van der Waals surface area contributed by atoms with Crippen molar-refractivity contribution in [1.82, 2.24) is 0 Å². The first-order valence-corrected chi connectivity index (χ1v) is 6.74. The number of hydrogen-bond acceptors (Lipinski definition) is 2. The van der Waals surface area contributed by atoms with Gasteiger partial charge in [-0.05, 0) is 44.2 Å². The van der Waals surface area contributed by atoms with E-state index in [0.717, 1.165) is 19.3 Å². The van der Waals surface area contributed by atoms with Crippen LogP contribution in [0.4, 0.5) is 0 Å². The SMILES string of the molecule is C=C(CCCC(OCC)OCC)c1ccccc1. The Morgan fingerprint density at radius 2 is 1.72 bits per heavy atom. The van der Waals surface area contributed by atoms with Crippen molar-refractivity contribution < 1.29 is 9.47 Å². The summed E-state index contributed by atoms with van der Waals surface area (Å²) in [5, 5.41) is 0. The summed E-state index contributed by atoms with van der Waals surface area (Å²) in [5.74, 6) is 0. The number of benzene rings is 1. The van der Waals surface area contributed by atoms with Crippen LogP contribution in [0.1, 0.15) is 38.7 Å². The lowest BCUT2D eigenvalue weighted by Gasteiger charge is -2.16. The van der Waals surface area contributed by atoms with E-state index in [0.29, 0.717) is 13.2 Å². The van der Waals surface area contributed by atoms with E-state index in [-0.39, 0.29) is 6.29 Å². The average molecular weight is 248 g/mol. The molecule has 2 heteroatoms. The lowest BCUT2D eigenvalue weighted by atomic mass is 10.0. The van der Waals surface area contributed by atoms with Crippen molar-refractivity contribution in [2.45, 2.75) is 39.4 Å². The van der Waals surface area contributed by atoms with E-state index in [2.05, 4.69) is 18.7 Å². The summed E-state index contributed by atoms with van der Waals surface area (Å²) in [7, 11) is 0. The molecule has 0 aromatic heterocycles. The minimum absolute atomic E-state index is 0.0661. The summed E-state index contributed by atoms with van der Waals surface area (Å²) >= 11 is 0. The maximum absolute atomic E-state index is 5.52. The van der Waals surface area contributed by atoms with Crippen LogP contribution >= 0.6 is 0 Å². The molecule has 2 nitrogen and oxygen atoms in total. The minimum Gasteiger partial charge on any atom is -0.353 e. The van der Waals surface area contributed by atoms with Crippen LogP contribution in [0.3, 0.4) is 0 Å². The Bertz CT molecular complexity index is 326. The van der Waals surface area contributed by atoms with E-state index >= 15 is 0 Å². The molecule has 0 bridgehead atoms. The molecule has 0 atom stereocenters. The molecule has 1 aromatic carbocycles. The highest BCUT2D eigenvalue weighted by Crippen LogP contribution is 2.19. The Kier molecular flexibility index (Phi) is 7.38. The maximum Gasteiger partial charge on any atom is 0.157 e. The third kappa shape index (κ3) is 5.48. The van der Waals surface area contributed by atoms with Crippen LogP contribution in [-0.4, -0.2) is 19.5 Å². The molecule has 0 heterocycles. The molecular formula is C16H24O2. The Balaban J connectivity index is 2.30. The lowest BCUT2D eigenvalue weighted by Crippen LogP contribution is -2.17. The highest BCUT2D eigenvalue weighted by molar-refractivity contribution is 5.62. The molecule has 0 spiro atoms. The zero-order chi connectivity index (χ0) is 13.2. The standard InChI is InChI=1S/C16H24O2/c1-4-17-16(18-5-2)13-9-10-14(3)15-11-7-6-8-12-15/h6-8,11-12,16H,3-5,9-10,13H2,1-2H3. The van der Waals surface area contributed by atoms with E-state index in [1.54, 1.807) is 0 Å². The van der Waals surface area contributed by atoms with Gasteiger partial charge < -0.3 is 9.47 Å². The first-order valence-electron chi connectivity index (χ1n) is 6.74. The molecule has 0 aliphatic carbocycles. The van der Waals surface area contributed by atoms with Gasteiger partial charge in [-0.2, -0.15) is 0 Å². The Morgan fingerprint density at radius 3 is 2.28 bits per heavy atom. The van der Waals surface area contributed by atoms with E-state index in [9.17, 15) is 0 Å². The second-order valence-electron chi connectivity index (χ2n) is 4.20. The first kappa shape index (κ1) is 14.9. The van der Waals surface area contributed by atoms with E-state index < -0.39 is 0 Å². The van der Waals surface area contributed by atoms with Crippen LogP contribution in [0, 0.1) is 0 Å². The van der Waals surface area contributed by atoms with Gasteiger partial charge in [0.2, 0.25) is 0 Å². The number of rotatable bonds is 9. The third-order valence-electron chi connectivity index (χ3n) is 2.81. The number of allylic oxidation sites excluding steroid dienone is 1. The van der Waals surface area contributed by atoms with Crippen LogP contribution in [0.25, 0.3) is 5.57 Å². The summed E-state index contributed by atoms with van der Waals surface area (Å²) in [6, 6.07) is 10.3. The fraction of sp³-hybridized carbons (Fsp3) is 0.500. The van der Waals surface area contributed by atoms with Crippen LogP contribution in [-0.2, 0) is 9.47 Å². The molecule has 0 radical (unpaired) electrons. The molecule has 0 saturated heterocycles. The van der Waals surface area contributed by atoms with Gasteiger partial charge in [0.1, 0.15) is 0 Å². The minimum atomic E-state index is -0.0661. The molecule has 1 aromatic rings. The average Bonchev–Trinajstić information content (AvgIpc) is 2.40. The fourth-order valence-corrected chi connectivity index (χ4v) is 1.89. The molecule has 100 valence electrons. The van der Waals surface area contributed by atoms with Crippen LogP contribution in [0.15, 0.2) is 36.9 Å². The summed E-state index contributed by atoms with van der Waals surface area (Å²) in [4.78, 5) is 0. The van der Waals surface area contributed by atoms with E-state index in [4.69, 9.17) is 9.47 Å². The molecule has 18 heavy (non-hydrogen) atoms. The van der Waals surface area contributed by atoms with Crippen molar-refractivity contribution in [3.05, 3.63) is 42.5 Å². The van der Waals surface area contributed by atoms with Crippen molar-refractivity contribution in [3.8, 4) is 0 Å². The highest BCUT2D eigenvalue weighted by atomic mass is 16.7. The summed E-state index contributed by atoms with van der Waals surface area (Å²) in [6.45, 7) is 9.52. The molecule has 0 saturated carbocycles. The molecule has 0 fully saturated rings. The predicted molar refractivity (Wildman–Crippen MR) is 76.4 cm³/mol. The normalized spacial score (nSPS) is 10.8. The van der Waals surface area contributed by atoms with Gasteiger partial charge in [-0.3, -0.25) is 0 Å². The molecule has 0 N–H and O–H groups in total. The van der Waals surface area contributed by atoms with Gasteiger partial charge in [-0.1, -0.05) is 36.9 Å². The van der Waals surface area contributed by atoms with E-state index in [1.807, 2.05) is 32.0 Å². The molecular weight excluding hydrogens is 224 g/mol. The molecule has 0 amide bonds. The molecule has 0 aliphatic heterocycles. The van der Waals surface area contributed by atoms with E-state index in [1.165, 1.54) is 11.1 Å². The zero-order valence-corrected chi connectivity index (χ0v) is 11.5. The predicted octanol–water partition coefficient (Wildman–Crippen LogP) is 4.27. The Morgan fingerprint density at radius 1 is 1.11 bits per heavy atom. The first-order chi connectivity index (χ1) is 8.77. The maximum atomic E-state index is 5.52. The second-order valence-corrected chi connectivity index (χ2v) is 4.20. The van der Waals surface area contributed by atoms with Crippen molar-refractivity contribution >= 4 is 5.57 Å². The molecule has 0 aliphatic rings. The summed E-state index contributed by atoms with van der Waals surface area (Å²) in [6.07, 6.45) is 2.88. The van der Waals surface area contributed by atoms with Crippen LogP contribution in [0.5, 0.6) is 0 Å². The van der Waals surface area contributed by atoms with Gasteiger partial charge in [0.25, 0.3) is 0 Å². The molecule has 1 rings (SSSR count). The van der Waals surface area contributed by atoms with Gasteiger partial charge in [-0.25, -0.2) is 0 Å². The number of ether oxygens (including phenoxy) is 2. The van der Waals surface area contributed by atoms with Crippen molar-refractivity contribution in [2.75, 3.05) is 13.2 Å².